The summed E-state index contributed by atoms with van der Waals surface area (Å²) < 4.78 is 11.2. The Hall–Kier alpha value is -4.66. The quantitative estimate of drug-likeness (QED) is 0.144. The Morgan fingerprint density at radius 2 is 1.84 bits per heavy atom. The van der Waals surface area contributed by atoms with Crippen LogP contribution in [0.3, 0.4) is 0 Å². The van der Waals surface area contributed by atoms with Gasteiger partial charge in [-0.15, -0.1) is 0 Å². The van der Waals surface area contributed by atoms with Crippen molar-refractivity contribution in [2.45, 2.75) is 38.8 Å². The number of carbonyl (C=O) groups excluding carboxylic acids is 2. The summed E-state index contributed by atoms with van der Waals surface area (Å²) in [6.07, 6.45) is 6.21. The van der Waals surface area contributed by atoms with Crippen LogP contribution in [-0.2, 0) is 22.6 Å². The average Bonchev–Trinajstić information content (AvgIpc) is 3.46. The van der Waals surface area contributed by atoms with Crippen molar-refractivity contribution in [2.75, 3.05) is 6.61 Å². The molecule has 4 aromatic rings. The van der Waals surface area contributed by atoms with Crippen molar-refractivity contribution < 1.29 is 19.1 Å². The van der Waals surface area contributed by atoms with E-state index in [0.717, 1.165) is 40.5 Å². The molecule has 0 radical (unpaired) electrons. The highest BCUT2D eigenvalue weighted by atomic mass is 16.5. The Bertz CT molecular complexity index is 1360. The number of rotatable bonds is 12. The zero-order valence-electron chi connectivity index (χ0n) is 21.2. The molecule has 3 N–H and O–H groups in total. The minimum absolute atomic E-state index is 0.0917. The van der Waals surface area contributed by atoms with Gasteiger partial charge in [0, 0.05) is 29.3 Å². The highest BCUT2D eigenvalue weighted by molar-refractivity contribution is 6.02. The van der Waals surface area contributed by atoms with Crippen LogP contribution in [0, 0.1) is 0 Å². The van der Waals surface area contributed by atoms with E-state index in [0.29, 0.717) is 12.3 Å². The Balaban J connectivity index is 1.42. The number of fused-ring (bicyclic) bond motifs is 1. The first-order chi connectivity index (χ1) is 18.6. The predicted molar refractivity (Wildman–Crippen MR) is 146 cm³/mol. The lowest BCUT2D eigenvalue weighted by Gasteiger charge is -2.16. The molecule has 1 atom stereocenters. The van der Waals surface area contributed by atoms with Crippen molar-refractivity contribution in [2.24, 2.45) is 5.10 Å². The summed E-state index contributed by atoms with van der Waals surface area (Å²) in [5.41, 5.74) is 4.89. The van der Waals surface area contributed by atoms with E-state index in [-0.39, 0.29) is 13.0 Å². The first-order valence-corrected chi connectivity index (χ1v) is 12.6. The van der Waals surface area contributed by atoms with Crippen molar-refractivity contribution in [1.29, 1.82) is 0 Å². The van der Waals surface area contributed by atoms with Gasteiger partial charge in [-0.05, 0) is 29.5 Å². The lowest BCUT2D eigenvalue weighted by Crippen LogP contribution is -2.47. The molecular formula is C29H31N5O4. The fourth-order valence-electron chi connectivity index (χ4n) is 3.84. The van der Waals surface area contributed by atoms with Gasteiger partial charge in [0.1, 0.15) is 18.4 Å². The number of benzene rings is 3. The first kappa shape index (κ1) is 26.4. The average molecular weight is 514 g/mol. The third-order valence-electron chi connectivity index (χ3n) is 5.85. The highest BCUT2D eigenvalue weighted by Gasteiger charge is 2.22. The van der Waals surface area contributed by atoms with E-state index >= 15 is 0 Å². The van der Waals surface area contributed by atoms with Gasteiger partial charge in [0.2, 0.25) is 0 Å². The van der Waals surface area contributed by atoms with Crippen LogP contribution in [0.15, 0.2) is 84.4 Å². The number of hydrogen-bond acceptors (Lipinski definition) is 6. The predicted octanol–water partition coefficient (Wildman–Crippen LogP) is 4.73. The van der Waals surface area contributed by atoms with Gasteiger partial charge in [0.05, 0.1) is 19.1 Å². The second-order valence-electron chi connectivity index (χ2n) is 8.67. The van der Waals surface area contributed by atoms with E-state index in [1.54, 1.807) is 12.4 Å². The number of ether oxygens (including phenoxy) is 2. The van der Waals surface area contributed by atoms with Gasteiger partial charge < -0.3 is 19.8 Å². The molecule has 0 saturated carbocycles. The fraction of sp³-hybridized carbons (Fsp3) is 0.241. The van der Waals surface area contributed by atoms with Crippen molar-refractivity contribution in [3.63, 3.8) is 0 Å². The summed E-state index contributed by atoms with van der Waals surface area (Å²) in [5.74, 6) is 0.324. The summed E-state index contributed by atoms with van der Waals surface area (Å²) in [7, 11) is 0. The summed E-state index contributed by atoms with van der Waals surface area (Å²) in [6.45, 7) is 2.87. The minimum atomic E-state index is -0.929. The normalized spacial score (nSPS) is 11.8. The van der Waals surface area contributed by atoms with Crippen LogP contribution in [0.4, 0.5) is 4.79 Å². The Morgan fingerprint density at radius 1 is 1.05 bits per heavy atom. The maximum atomic E-state index is 13.0. The molecular weight excluding hydrogens is 482 g/mol. The van der Waals surface area contributed by atoms with Gasteiger partial charge in [-0.25, -0.2) is 15.2 Å². The van der Waals surface area contributed by atoms with Crippen molar-refractivity contribution in [3.8, 4) is 5.75 Å². The number of aromatic nitrogens is 2. The first-order valence-electron chi connectivity index (χ1n) is 12.6. The molecule has 0 aliphatic carbocycles. The lowest BCUT2D eigenvalue weighted by atomic mass is 10.0. The van der Waals surface area contributed by atoms with E-state index in [1.807, 2.05) is 66.7 Å². The van der Waals surface area contributed by atoms with Crippen molar-refractivity contribution >= 4 is 29.0 Å². The Kier molecular flexibility index (Phi) is 9.45. The molecule has 0 spiro atoms. The Labute approximate surface area is 221 Å². The third-order valence-corrected chi connectivity index (χ3v) is 5.85. The Morgan fingerprint density at radius 3 is 2.61 bits per heavy atom. The fourth-order valence-corrected chi connectivity index (χ4v) is 3.84. The maximum absolute atomic E-state index is 13.0. The van der Waals surface area contributed by atoms with Gasteiger partial charge in [-0.2, -0.15) is 5.10 Å². The van der Waals surface area contributed by atoms with Crippen LogP contribution in [0.1, 0.15) is 36.6 Å². The largest absolute Gasteiger partial charge is 0.493 e. The maximum Gasteiger partial charge on any atom is 0.408 e. The van der Waals surface area contributed by atoms with Gasteiger partial charge >= 0.3 is 6.09 Å². The van der Waals surface area contributed by atoms with E-state index in [9.17, 15) is 9.59 Å². The SMILES string of the molecule is CCCCOc1ccc(/C=N\NC(=O)[C@H](Cc2cnc[nH]2)NC(=O)OCc2ccccc2)c2ccccc12. The molecule has 9 heteroatoms. The van der Waals surface area contributed by atoms with E-state index in [2.05, 4.69) is 32.7 Å². The van der Waals surface area contributed by atoms with Crippen LogP contribution < -0.4 is 15.5 Å². The number of amides is 2. The molecule has 1 aromatic heterocycles. The number of H-pyrrole nitrogens is 1. The van der Waals surface area contributed by atoms with Crippen LogP contribution in [0.2, 0.25) is 0 Å². The van der Waals surface area contributed by atoms with Crippen LogP contribution in [0.25, 0.3) is 10.8 Å². The molecule has 0 aliphatic rings. The number of nitrogens with one attached hydrogen (secondary N) is 3. The summed E-state index contributed by atoms with van der Waals surface area (Å²) in [4.78, 5) is 32.3. The molecule has 196 valence electrons. The third kappa shape index (κ3) is 7.42. The molecule has 0 fully saturated rings. The van der Waals surface area contributed by atoms with Gasteiger partial charge in [-0.3, -0.25) is 4.79 Å². The van der Waals surface area contributed by atoms with Crippen molar-refractivity contribution in [3.05, 3.63) is 96.1 Å². The number of aromatic amines is 1. The standard InChI is InChI=1S/C29H31N5O4/c1-2-3-15-37-27-14-13-22(24-11-7-8-12-25(24)27)17-32-34-28(35)26(16-23-18-30-20-31-23)33-29(36)38-19-21-9-5-4-6-10-21/h4-14,17-18,20,26H,2-3,15-16,19H2,1H3,(H,30,31)(H,33,36)(H,34,35)/b32-17-/t26-/m0/s1. The number of hydrogen-bond donors (Lipinski definition) is 3. The zero-order chi connectivity index (χ0) is 26.6. The molecule has 1 heterocycles. The van der Waals surface area contributed by atoms with E-state index < -0.39 is 18.0 Å². The van der Waals surface area contributed by atoms with E-state index in [4.69, 9.17) is 9.47 Å². The van der Waals surface area contributed by atoms with Gasteiger partial charge in [0.25, 0.3) is 5.91 Å². The van der Waals surface area contributed by atoms with Crippen LogP contribution in [0.5, 0.6) is 5.75 Å². The molecule has 3 aromatic carbocycles. The number of unbranched alkanes of at least 4 members (excludes halogenated alkanes) is 1. The van der Waals surface area contributed by atoms with Gasteiger partial charge in [0.15, 0.2) is 0 Å². The number of alkyl carbamates (subject to hydrolysis) is 1. The molecule has 9 nitrogen and oxygen atoms in total. The minimum Gasteiger partial charge on any atom is -0.493 e. The summed E-state index contributed by atoms with van der Waals surface area (Å²) in [6, 6.07) is 20.1. The molecule has 4 rings (SSSR count). The summed E-state index contributed by atoms with van der Waals surface area (Å²) >= 11 is 0. The second-order valence-corrected chi connectivity index (χ2v) is 8.67. The molecule has 0 unspecified atom stereocenters. The number of hydrazone groups is 1. The number of nitrogens with zero attached hydrogens (tertiary/aromatic N) is 2. The highest BCUT2D eigenvalue weighted by Crippen LogP contribution is 2.28. The molecule has 38 heavy (non-hydrogen) atoms. The zero-order valence-corrected chi connectivity index (χ0v) is 21.2. The van der Waals surface area contributed by atoms with Crippen LogP contribution in [-0.4, -0.2) is 40.8 Å². The monoisotopic (exact) mass is 513 g/mol. The van der Waals surface area contributed by atoms with E-state index in [1.165, 1.54) is 6.33 Å². The summed E-state index contributed by atoms with van der Waals surface area (Å²) in [5, 5.41) is 8.71. The smallest absolute Gasteiger partial charge is 0.408 e. The number of imidazole rings is 1. The van der Waals surface area contributed by atoms with Crippen molar-refractivity contribution in [1.82, 2.24) is 20.7 Å². The van der Waals surface area contributed by atoms with Gasteiger partial charge in [-0.1, -0.05) is 67.9 Å². The van der Waals surface area contributed by atoms with Crippen LogP contribution >= 0.6 is 0 Å². The topological polar surface area (TPSA) is 118 Å². The molecule has 0 aliphatic heterocycles. The molecule has 0 bridgehead atoms. The number of carbonyl (C=O) groups is 2. The lowest BCUT2D eigenvalue weighted by molar-refractivity contribution is -0.123. The molecule has 0 saturated heterocycles. The second kappa shape index (κ2) is 13.6. The molecule has 2 amide bonds.